The predicted molar refractivity (Wildman–Crippen MR) is 63.4 cm³/mol. The van der Waals surface area contributed by atoms with E-state index in [2.05, 4.69) is 15.5 Å². The summed E-state index contributed by atoms with van der Waals surface area (Å²) >= 11 is 11.4. The molecule has 0 aliphatic carbocycles. The first kappa shape index (κ1) is 12.1. The van der Waals surface area contributed by atoms with Crippen molar-refractivity contribution in [2.75, 3.05) is 11.2 Å². The fraction of sp³-hybridized carbons (Fsp3) is 0.200. The monoisotopic (exact) mass is 275 g/mol. The second-order valence-electron chi connectivity index (χ2n) is 3.19. The summed E-state index contributed by atoms with van der Waals surface area (Å²) in [6.45, 7) is 0. The van der Waals surface area contributed by atoms with Crippen LogP contribution in [0.3, 0.4) is 0 Å². The van der Waals surface area contributed by atoms with Gasteiger partial charge in [-0.1, -0.05) is 16.7 Å². The maximum atomic E-state index is 12.8. The van der Waals surface area contributed by atoms with Crippen molar-refractivity contribution < 1.29 is 8.81 Å². The number of alkyl halides is 1. The maximum absolute atomic E-state index is 12.8. The maximum Gasteiger partial charge on any atom is 0.320 e. The number of aromatic nitrogens is 2. The fourth-order valence-electron chi connectivity index (χ4n) is 1.19. The summed E-state index contributed by atoms with van der Waals surface area (Å²) in [6, 6.07) is 4.16. The number of nitrogens with one attached hydrogen (secondary N) is 1. The van der Waals surface area contributed by atoms with Crippen molar-refractivity contribution in [1.29, 1.82) is 0 Å². The van der Waals surface area contributed by atoms with E-state index in [0.29, 0.717) is 23.9 Å². The number of anilines is 2. The average Bonchev–Trinajstić information content (AvgIpc) is 2.71. The number of rotatable bonds is 4. The molecule has 0 spiro atoms. The van der Waals surface area contributed by atoms with Gasteiger partial charge in [0.05, 0.1) is 10.7 Å². The van der Waals surface area contributed by atoms with Crippen LogP contribution in [0.1, 0.15) is 5.89 Å². The van der Waals surface area contributed by atoms with Crippen LogP contribution in [0.25, 0.3) is 0 Å². The number of hydrogen-bond acceptors (Lipinski definition) is 4. The first-order valence-electron chi connectivity index (χ1n) is 4.79. The molecule has 2 aromatic rings. The summed E-state index contributed by atoms with van der Waals surface area (Å²) in [7, 11) is 0. The van der Waals surface area contributed by atoms with Crippen molar-refractivity contribution in [3.05, 3.63) is 34.9 Å². The van der Waals surface area contributed by atoms with E-state index in [1.807, 2.05) is 0 Å². The van der Waals surface area contributed by atoms with Crippen LogP contribution in [0.4, 0.5) is 16.1 Å². The number of nitrogens with zero attached hydrogens (tertiary/aromatic N) is 2. The van der Waals surface area contributed by atoms with E-state index in [1.165, 1.54) is 18.2 Å². The minimum absolute atomic E-state index is 0.193. The fourth-order valence-corrected chi connectivity index (χ4v) is 1.57. The van der Waals surface area contributed by atoms with Gasteiger partial charge in [0.25, 0.3) is 0 Å². The quantitative estimate of drug-likeness (QED) is 0.869. The highest BCUT2D eigenvalue weighted by molar-refractivity contribution is 6.33. The first-order valence-corrected chi connectivity index (χ1v) is 5.70. The molecule has 0 atom stereocenters. The van der Waals surface area contributed by atoms with E-state index in [-0.39, 0.29) is 11.0 Å². The summed E-state index contributed by atoms with van der Waals surface area (Å²) in [6.07, 6.45) is 0.493. The van der Waals surface area contributed by atoms with E-state index < -0.39 is 5.82 Å². The van der Waals surface area contributed by atoms with Gasteiger partial charge in [0.1, 0.15) is 5.82 Å². The van der Waals surface area contributed by atoms with Crippen molar-refractivity contribution in [2.24, 2.45) is 0 Å². The number of benzene rings is 1. The largest absolute Gasteiger partial charge is 0.408 e. The van der Waals surface area contributed by atoms with Crippen molar-refractivity contribution in [1.82, 2.24) is 10.2 Å². The smallest absolute Gasteiger partial charge is 0.320 e. The Morgan fingerprint density at radius 1 is 1.35 bits per heavy atom. The molecule has 2 rings (SSSR count). The minimum Gasteiger partial charge on any atom is -0.408 e. The molecule has 0 saturated heterocycles. The SMILES string of the molecule is Fc1ccc(Nc2nnc(CCCl)o2)c(Cl)c1. The zero-order chi connectivity index (χ0) is 12.3. The lowest BCUT2D eigenvalue weighted by molar-refractivity contribution is 0.516. The molecule has 1 heterocycles. The normalized spacial score (nSPS) is 10.5. The second-order valence-corrected chi connectivity index (χ2v) is 3.97. The zero-order valence-electron chi connectivity index (χ0n) is 8.58. The molecule has 0 saturated carbocycles. The Labute approximate surface area is 107 Å². The number of aryl methyl sites for hydroxylation is 1. The van der Waals surface area contributed by atoms with Gasteiger partial charge < -0.3 is 9.73 Å². The third-order valence-corrected chi connectivity index (χ3v) is 2.45. The zero-order valence-corrected chi connectivity index (χ0v) is 10.1. The highest BCUT2D eigenvalue weighted by Crippen LogP contribution is 2.25. The molecule has 17 heavy (non-hydrogen) atoms. The molecule has 0 fully saturated rings. The molecule has 90 valence electrons. The molecule has 4 nitrogen and oxygen atoms in total. The van der Waals surface area contributed by atoms with Crippen LogP contribution in [0, 0.1) is 5.82 Å². The van der Waals surface area contributed by atoms with Gasteiger partial charge in [-0.05, 0) is 18.2 Å². The molecule has 0 bridgehead atoms. The highest BCUT2D eigenvalue weighted by Gasteiger charge is 2.08. The van der Waals surface area contributed by atoms with E-state index in [0.717, 1.165) is 0 Å². The molecular formula is C10H8Cl2FN3O. The van der Waals surface area contributed by atoms with Gasteiger partial charge in [-0.2, -0.15) is 0 Å². The van der Waals surface area contributed by atoms with E-state index in [1.54, 1.807) is 0 Å². The molecule has 0 aliphatic rings. The standard InChI is InChI=1S/C10H8Cl2FN3O/c11-4-3-9-15-16-10(17-9)14-8-2-1-6(13)5-7(8)12/h1-2,5H,3-4H2,(H,14,16). The van der Waals surface area contributed by atoms with E-state index in [9.17, 15) is 4.39 Å². The Morgan fingerprint density at radius 3 is 2.88 bits per heavy atom. The van der Waals surface area contributed by atoms with Crippen molar-refractivity contribution in [3.63, 3.8) is 0 Å². The van der Waals surface area contributed by atoms with Crippen LogP contribution < -0.4 is 5.32 Å². The van der Waals surface area contributed by atoms with E-state index >= 15 is 0 Å². The van der Waals surface area contributed by atoms with Crippen LogP contribution in [-0.4, -0.2) is 16.1 Å². The Morgan fingerprint density at radius 2 is 2.18 bits per heavy atom. The molecule has 0 aliphatic heterocycles. The summed E-state index contributed by atoms with van der Waals surface area (Å²) in [4.78, 5) is 0. The van der Waals surface area contributed by atoms with Crippen LogP contribution >= 0.6 is 23.2 Å². The third kappa shape index (κ3) is 3.08. The van der Waals surface area contributed by atoms with Gasteiger partial charge in [-0.15, -0.1) is 16.7 Å². The van der Waals surface area contributed by atoms with Crippen LogP contribution in [0.5, 0.6) is 0 Å². The Bertz CT molecular complexity index is 518. The minimum atomic E-state index is -0.408. The first-order chi connectivity index (χ1) is 8.19. The summed E-state index contributed by atoms with van der Waals surface area (Å²) in [5.74, 6) is 0.425. The molecule has 7 heteroatoms. The molecule has 0 amide bonds. The summed E-state index contributed by atoms with van der Waals surface area (Å²) in [5, 5.41) is 10.6. The van der Waals surface area contributed by atoms with Crippen LogP contribution in [0.15, 0.2) is 22.6 Å². The van der Waals surface area contributed by atoms with Gasteiger partial charge in [-0.25, -0.2) is 4.39 Å². The molecule has 1 N–H and O–H groups in total. The highest BCUT2D eigenvalue weighted by atomic mass is 35.5. The summed E-state index contributed by atoms with van der Waals surface area (Å²) < 4.78 is 18.1. The lowest BCUT2D eigenvalue weighted by Crippen LogP contribution is -1.91. The van der Waals surface area contributed by atoms with Crippen LogP contribution in [-0.2, 0) is 6.42 Å². The van der Waals surface area contributed by atoms with Crippen molar-refractivity contribution >= 4 is 34.9 Å². The average molecular weight is 276 g/mol. The topological polar surface area (TPSA) is 51.0 Å². The van der Waals surface area contributed by atoms with Crippen molar-refractivity contribution in [3.8, 4) is 0 Å². The van der Waals surface area contributed by atoms with Gasteiger partial charge in [0.2, 0.25) is 5.89 Å². The van der Waals surface area contributed by atoms with Crippen LogP contribution in [0.2, 0.25) is 5.02 Å². The van der Waals surface area contributed by atoms with Crippen molar-refractivity contribution in [2.45, 2.75) is 6.42 Å². The summed E-state index contributed by atoms with van der Waals surface area (Å²) in [5.41, 5.74) is 0.495. The Balaban J connectivity index is 2.13. The predicted octanol–water partition coefficient (Wildman–Crippen LogP) is 3.39. The molecular weight excluding hydrogens is 268 g/mol. The Hall–Kier alpha value is -1.33. The van der Waals surface area contributed by atoms with E-state index in [4.69, 9.17) is 27.6 Å². The molecule has 0 unspecified atom stereocenters. The lowest BCUT2D eigenvalue weighted by Gasteiger charge is -2.03. The lowest BCUT2D eigenvalue weighted by atomic mass is 10.3. The molecule has 1 aromatic heterocycles. The van der Waals surface area contributed by atoms with Gasteiger partial charge in [-0.3, -0.25) is 0 Å². The number of hydrogen-bond donors (Lipinski definition) is 1. The van der Waals surface area contributed by atoms with Gasteiger partial charge in [0, 0.05) is 12.3 Å². The second kappa shape index (κ2) is 5.33. The number of halogens is 3. The molecule has 1 aromatic carbocycles. The Kier molecular flexibility index (Phi) is 3.81. The van der Waals surface area contributed by atoms with Gasteiger partial charge >= 0.3 is 6.01 Å². The molecule has 0 radical (unpaired) electrons. The third-order valence-electron chi connectivity index (χ3n) is 1.95. The van der Waals surface area contributed by atoms with Gasteiger partial charge in [0.15, 0.2) is 0 Å².